The number of carbonyl (C=O) groups excluding carboxylic acids is 1. The van der Waals surface area contributed by atoms with Gasteiger partial charge in [0, 0.05) is 31.5 Å². The zero-order chi connectivity index (χ0) is 17.6. The van der Waals surface area contributed by atoms with E-state index < -0.39 is 0 Å². The van der Waals surface area contributed by atoms with Crippen molar-refractivity contribution in [3.63, 3.8) is 0 Å². The Morgan fingerprint density at radius 2 is 2.04 bits per heavy atom. The summed E-state index contributed by atoms with van der Waals surface area (Å²) in [4.78, 5) is 19.2. The van der Waals surface area contributed by atoms with Crippen LogP contribution in [0.15, 0.2) is 42.7 Å². The second kappa shape index (κ2) is 8.15. The van der Waals surface area contributed by atoms with Gasteiger partial charge in [-0.1, -0.05) is 36.8 Å². The summed E-state index contributed by atoms with van der Waals surface area (Å²) in [6, 6.07) is 10.7. The highest BCUT2D eigenvalue weighted by atomic mass is 16.2. The van der Waals surface area contributed by atoms with E-state index in [9.17, 15) is 4.79 Å². The van der Waals surface area contributed by atoms with Crippen molar-refractivity contribution >= 4 is 11.6 Å². The van der Waals surface area contributed by atoms with E-state index in [1.807, 2.05) is 11.0 Å². The van der Waals surface area contributed by atoms with Crippen molar-refractivity contribution in [3.8, 4) is 0 Å². The molecule has 1 aromatic carbocycles. The minimum absolute atomic E-state index is 0.109. The van der Waals surface area contributed by atoms with Gasteiger partial charge in [0.1, 0.15) is 0 Å². The Morgan fingerprint density at radius 1 is 1.24 bits per heavy atom. The number of amides is 1. The Hall–Kier alpha value is -2.36. The van der Waals surface area contributed by atoms with Crippen molar-refractivity contribution in [1.29, 1.82) is 0 Å². The maximum atomic E-state index is 12.9. The van der Waals surface area contributed by atoms with Gasteiger partial charge in [-0.2, -0.15) is 0 Å². The maximum absolute atomic E-state index is 12.9. The van der Waals surface area contributed by atoms with Crippen LogP contribution in [0.5, 0.6) is 0 Å². The second-order valence-electron chi connectivity index (χ2n) is 6.86. The highest BCUT2D eigenvalue weighted by molar-refractivity contribution is 5.95. The van der Waals surface area contributed by atoms with Gasteiger partial charge >= 0.3 is 0 Å². The summed E-state index contributed by atoms with van der Waals surface area (Å²) in [5, 5.41) is 3.37. The average Bonchev–Trinajstić information content (AvgIpc) is 2.67. The molecule has 0 radical (unpaired) electrons. The fraction of sp³-hybridized carbons (Fsp3) is 0.429. The Morgan fingerprint density at radius 3 is 2.80 bits per heavy atom. The largest absolute Gasteiger partial charge is 0.380 e. The van der Waals surface area contributed by atoms with Crippen molar-refractivity contribution in [2.75, 3.05) is 11.9 Å². The first kappa shape index (κ1) is 17.5. The molecule has 1 unspecified atom stereocenters. The highest BCUT2D eigenvalue weighted by Crippen LogP contribution is 2.22. The number of benzene rings is 1. The van der Waals surface area contributed by atoms with Gasteiger partial charge in [-0.05, 0) is 44.2 Å². The zero-order valence-electron chi connectivity index (χ0n) is 15.2. The molecule has 0 spiro atoms. The Bertz CT molecular complexity index is 711. The SMILES string of the molecule is CCC1CCCCN1C(=O)c1cncc(NCc2ccc(C)cc2)c1. The van der Waals surface area contributed by atoms with Gasteiger partial charge in [-0.15, -0.1) is 0 Å². The third-order valence-electron chi connectivity index (χ3n) is 4.96. The molecule has 132 valence electrons. The molecule has 1 aromatic heterocycles. The first-order valence-electron chi connectivity index (χ1n) is 9.23. The third kappa shape index (κ3) is 4.38. The molecule has 1 amide bonds. The number of hydrogen-bond donors (Lipinski definition) is 1. The maximum Gasteiger partial charge on any atom is 0.255 e. The number of aryl methyl sites for hydroxylation is 1. The first-order valence-corrected chi connectivity index (χ1v) is 9.23. The van der Waals surface area contributed by atoms with Crippen molar-refractivity contribution < 1.29 is 4.79 Å². The number of piperidine rings is 1. The van der Waals surface area contributed by atoms with E-state index in [2.05, 4.69) is 48.4 Å². The van der Waals surface area contributed by atoms with Gasteiger partial charge in [0.2, 0.25) is 0 Å². The van der Waals surface area contributed by atoms with E-state index >= 15 is 0 Å². The Kier molecular flexibility index (Phi) is 5.69. The van der Waals surface area contributed by atoms with Crippen LogP contribution in [0, 0.1) is 6.92 Å². The molecule has 1 N–H and O–H groups in total. The van der Waals surface area contributed by atoms with Crippen LogP contribution in [0.1, 0.15) is 54.1 Å². The average molecular weight is 337 g/mol. The van der Waals surface area contributed by atoms with Crippen LogP contribution in [-0.4, -0.2) is 28.4 Å². The molecule has 25 heavy (non-hydrogen) atoms. The number of rotatable bonds is 5. The summed E-state index contributed by atoms with van der Waals surface area (Å²) < 4.78 is 0. The van der Waals surface area contributed by atoms with Gasteiger partial charge in [0.05, 0.1) is 11.3 Å². The number of pyridine rings is 1. The van der Waals surface area contributed by atoms with E-state index in [0.29, 0.717) is 11.6 Å². The standard InChI is InChI=1S/C21H27N3O/c1-3-20-6-4-5-11-24(20)21(25)18-12-19(15-22-14-18)23-13-17-9-7-16(2)8-10-17/h7-10,12,14-15,20,23H,3-6,11,13H2,1-2H3. The van der Waals surface area contributed by atoms with Gasteiger partial charge in [0.15, 0.2) is 0 Å². The fourth-order valence-corrected chi connectivity index (χ4v) is 3.42. The highest BCUT2D eigenvalue weighted by Gasteiger charge is 2.26. The van der Waals surface area contributed by atoms with Crippen LogP contribution in [0.4, 0.5) is 5.69 Å². The monoisotopic (exact) mass is 337 g/mol. The molecular weight excluding hydrogens is 310 g/mol. The van der Waals surface area contributed by atoms with E-state index in [1.165, 1.54) is 17.5 Å². The van der Waals surface area contributed by atoms with Gasteiger partial charge < -0.3 is 10.2 Å². The minimum atomic E-state index is 0.109. The molecule has 0 saturated carbocycles. The van der Waals surface area contributed by atoms with E-state index in [4.69, 9.17) is 0 Å². The molecule has 0 bridgehead atoms. The third-order valence-corrected chi connectivity index (χ3v) is 4.96. The number of carbonyl (C=O) groups is 1. The molecule has 2 heterocycles. The van der Waals surface area contributed by atoms with Crippen LogP contribution in [0.25, 0.3) is 0 Å². The van der Waals surface area contributed by atoms with Crippen LogP contribution >= 0.6 is 0 Å². The molecule has 1 atom stereocenters. The predicted molar refractivity (Wildman–Crippen MR) is 102 cm³/mol. The van der Waals surface area contributed by atoms with Crippen LogP contribution < -0.4 is 5.32 Å². The lowest BCUT2D eigenvalue weighted by atomic mass is 9.99. The quantitative estimate of drug-likeness (QED) is 0.879. The minimum Gasteiger partial charge on any atom is -0.380 e. The summed E-state index contributed by atoms with van der Waals surface area (Å²) in [6.07, 6.45) is 7.91. The summed E-state index contributed by atoms with van der Waals surface area (Å²) in [5.41, 5.74) is 4.03. The normalized spacial score (nSPS) is 17.4. The van der Waals surface area contributed by atoms with Crippen molar-refractivity contribution in [1.82, 2.24) is 9.88 Å². The molecule has 0 aliphatic carbocycles. The molecule has 1 fully saturated rings. The van der Waals surface area contributed by atoms with Gasteiger partial charge in [-0.3, -0.25) is 9.78 Å². The van der Waals surface area contributed by atoms with E-state index in [-0.39, 0.29) is 5.91 Å². The number of nitrogens with zero attached hydrogens (tertiary/aromatic N) is 2. The summed E-state index contributed by atoms with van der Waals surface area (Å²) in [6.45, 7) is 5.83. The van der Waals surface area contributed by atoms with Crippen LogP contribution in [0.2, 0.25) is 0 Å². The lowest BCUT2D eigenvalue weighted by Gasteiger charge is -2.35. The molecule has 1 aliphatic heterocycles. The summed E-state index contributed by atoms with van der Waals surface area (Å²) in [5.74, 6) is 0.109. The topological polar surface area (TPSA) is 45.2 Å². The van der Waals surface area contributed by atoms with E-state index in [0.717, 1.165) is 38.0 Å². The summed E-state index contributed by atoms with van der Waals surface area (Å²) >= 11 is 0. The molecular formula is C21H27N3O. The van der Waals surface area contributed by atoms with Crippen molar-refractivity contribution in [2.24, 2.45) is 0 Å². The number of hydrogen-bond acceptors (Lipinski definition) is 3. The van der Waals surface area contributed by atoms with E-state index in [1.54, 1.807) is 12.4 Å². The molecule has 2 aromatic rings. The lowest BCUT2D eigenvalue weighted by molar-refractivity contribution is 0.0607. The zero-order valence-corrected chi connectivity index (χ0v) is 15.2. The summed E-state index contributed by atoms with van der Waals surface area (Å²) in [7, 11) is 0. The van der Waals surface area contributed by atoms with Crippen LogP contribution in [0.3, 0.4) is 0 Å². The number of likely N-dealkylation sites (tertiary alicyclic amines) is 1. The lowest BCUT2D eigenvalue weighted by Crippen LogP contribution is -2.43. The predicted octanol–water partition coefficient (Wildman–Crippen LogP) is 4.41. The molecule has 4 heteroatoms. The fourth-order valence-electron chi connectivity index (χ4n) is 3.42. The Balaban J connectivity index is 1.68. The van der Waals surface area contributed by atoms with Gasteiger partial charge in [-0.25, -0.2) is 0 Å². The smallest absolute Gasteiger partial charge is 0.255 e. The number of nitrogens with one attached hydrogen (secondary N) is 1. The van der Waals surface area contributed by atoms with Gasteiger partial charge in [0.25, 0.3) is 5.91 Å². The van der Waals surface area contributed by atoms with Crippen LogP contribution in [-0.2, 0) is 6.54 Å². The molecule has 4 nitrogen and oxygen atoms in total. The molecule has 3 rings (SSSR count). The van der Waals surface area contributed by atoms with Crippen molar-refractivity contribution in [3.05, 3.63) is 59.4 Å². The molecule has 1 aliphatic rings. The second-order valence-corrected chi connectivity index (χ2v) is 6.86. The Labute approximate surface area is 150 Å². The number of aromatic nitrogens is 1. The van der Waals surface area contributed by atoms with Crippen molar-refractivity contribution in [2.45, 2.75) is 52.1 Å². The first-order chi connectivity index (χ1) is 12.2. The number of anilines is 1. The molecule has 1 saturated heterocycles.